The Balaban J connectivity index is 2.38. The van der Waals surface area contributed by atoms with Crippen LogP contribution < -0.4 is 15.4 Å². The van der Waals surface area contributed by atoms with Crippen molar-refractivity contribution in [3.8, 4) is 5.75 Å². The van der Waals surface area contributed by atoms with Crippen molar-refractivity contribution in [3.05, 3.63) is 23.2 Å². The Labute approximate surface area is 102 Å². The van der Waals surface area contributed by atoms with E-state index in [9.17, 15) is 4.79 Å². The molecular weight excluding hydrogens is 246 g/mol. The molecule has 7 heteroatoms. The molecule has 0 radical (unpaired) electrons. The molecule has 0 unspecified atom stereocenters. The van der Waals surface area contributed by atoms with Crippen LogP contribution in [0.3, 0.4) is 0 Å². The largest absolute Gasteiger partial charge is 0.482 e. The molecule has 0 fully saturated rings. The second-order valence-electron chi connectivity index (χ2n) is 3.47. The zero-order valence-corrected chi connectivity index (χ0v) is 9.52. The number of nitrogens with zero attached hydrogens (tertiary/aromatic N) is 2. The molecule has 2 rings (SSSR count). The van der Waals surface area contributed by atoms with Crippen LogP contribution in [0.2, 0.25) is 5.02 Å². The van der Waals surface area contributed by atoms with E-state index in [0.717, 1.165) is 0 Å². The summed E-state index contributed by atoms with van der Waals surface area (Å²) in [7, 11) is 0. The average molecular weight is 256 g/mol. The Bertz CT molecular complexity index is 490. The van der Waals surface area contributed by atoms with Crippen LogP contribution >= 0.6 is 11.6 Å². The van der Waals surface area contributed by atoms with E-state index >= 15 is 0 Å². The summed E-state index contributed by atoms with van der Waals surface area (Å²) in [6, 6.07) is 4.93. The number of halogens is 1. The van der Waals surface area contributed by atoms with Crippen LogP contribution in [0.4, 0.5) is 5.69 Å². The predicted molar refractivity (Wildman–Crippen MR) is 62.7 cm³/mol. The number of carbonyl (C=O) groups is 1. The van der Waals surface area contributed by atoms with Crippen molar-refractivity contribution in [1.29, 1.82) is 0 Å². The lowest BCUT2D eigenvalue weighted by Gasteiger charge is -2.28. The van der Waals surface area contributed by atoms with Gasteiger partial charge in [0.05, 0.1) is 12.2 Å². The highest BCUT2D eigenvalue weighted by Gasteiger charge is 2.26. The molecule has 90 valence electrons. The van der Waals surface area contributed by atoms with E-state index in [-0.39, 0.29) is 24.9 Å². The van der Waals surface area contributed by atoms with E-state index in [1.54, 1.807) is 18.2 Å². The summed E-state index contributed by atoms with van der Waals surface area (Å²) in [4.78, 5) is 13.0. The molecule has 6 nitrogen and oxygen atoms in total. The number of carbonyl (C=O) groups excluding carboxylic acids is 1. The van der Waals surface area contributed by atoms with Gasteiger partial charge in [0.1, 0.15) is 5.75 Å². The molecule has 1 aromatic carbocycles. The molecule has 1 aliphatic rings. The summed E-state index contributed by atoms with van der Waals surface area (Å²) in [6.07, 6.45) is 0. The van der Waals surface area contributed by atoms with E-state index in [0.29, 0.717) is 16.5 Å². The van der Waals surface area contributed by atoms with Crippen LogP contribution in [0.25, 0.3) is 0 Å². The number of benzene rings is 1. The highest BCUT2D eigenvalue weighted by Crippen LogP contribution is 2.34. The van der Waals surface area contributed by atoms with E-state index in [1.807, 2.05) is 0 Å². The van der Waals surface area contributed by atoms with Gasteiger partial charge in [-0.3, -0.25) is 9.69 Å². The summed E-state index contributed by atoms with van der Waals surface area (Å²) in [5.41, 5.74) is 5.91. The number of amidine groups is 1. The van der Waals surface area contributed by atoms with Crippen LogP contribution in [0, 0.1) is 0 Å². The first-order valence-corrected chi connectivity index (χ1v) is 5.18. The number of hydrogen-bond acceptors (Lipinski definition) is 4. The first-order valence-electron chi connectivity index (χ1n) is 4.81. The molecule has 0 bridgehead atoms. The van der Waals surface area contributed by atoms with Gasteiger partial charge >= 0.3 is 0 Å². The number of hydrogen-bond donors (Lipinski definition) is 2. The molecule has 0 spiro atoms. The third-order valence-corrected chi connectivity index (χ3v) is 2.55. The van der Waals surface area contributed by atoms with Gasteiger partial charge < -0.3 is 15.7 Å². The number of anilines is 1. The second kappa shape index (κ2) is 4.50. The van der Waals surface area contributed by atoms with Crippen molar-refractivity contribution in [3.63, 3.8) is 0 Å². The van der Waals surface area contributed by atoms with Gasteiger partial charge in [-0.05, 0) is 18.2 Å². The molecule has 1 aromatic rings. The minimum absolute atomic E-state index is 0.00790. The van der Waals surface area contributed by atoms with Crippen LogP contribution in [0.5, 0.6) is 5.75 Å². The molecule has 1 heterocycles. The Morgan fingerprint density at radius 2 is 2.41 bits per heavy atom. The fourth-order valence-electron chi connectivity index (χ4n) is 1.54. The standard InChI is InChI=1S/C10H10ClN3O3/c11-6-1-2-8-7(3-6)14(4-9(12)13-16)10(15)5-17-8/h1-3,16H,4-5H2,(H2,12,13). The summed E-state index contributed by atoms with van der Waals surface area (Å²) < 4.78 is 5.24. The van der Waals surface area contributed by atoms with Crippen LogP contribution in [0.15, 0.2) is 23.4 Å². The van der Waals surface area contributed by atoms with E-state index in [4.69, 9.17) is 27.3 Å². The van der Waals surface area contributed by atoms with E-state index in [2.05, 4.69) is 5.16 Å². The Kier molecular flexibility index (Phi) is 3.06. The minimum atomic E-state index is -0.272. The van der Waals surface area contributed by atoms with E-state index < -0.39 is 0 Å². The molecule has 1 aliphatic heterocycles. The van der Waals surface area contributed by atoms with Gasteiger partial charge in [0.25, 0.3) is 5.91 Å². The fourth-order valence-corrected chi connectivity index (χ4v) is 1.71. The maximum Gasteiger partial charge on any atom is 0.265 e. The number of nitrogens with two attached hydrogens (primary N) is 1. The number of fused-ring (bicyclic) bond motifs is 1. The lowest BCUT2D eigenvalue weighted by molar-refractivity contribution is -0.121. The predicted octanol–water partition coefficient (Wildman–Crippen LogP) is 0.812. The Morgan fingerprint density at radius 1 is 1.65 bits per heavy atom. The van der Waals surface area contributed by atoms with Crippen molar-refractivity contribution < 1.29 is 14.7 Å². The molecule has 0 aliphatic carbocycles. The summed E-state index contributed by atoms with van der Waals surface area (Å²) in [5, 5.41) is 11.8. The zero-order chi connectivity index (χ0) is 12.4. The molecule has 17 heavy (non-hydrogen) atoms. The summed E-state index contributed by atoms with van der Waals surface area (Å²) in [5.74, 6) is 0.206. The fraction of sp³-hybridized carbons (Fsp3) is 0.200. The molecular formula is C10H10ClN3O3. The normalized spacial score (nSPS) is 15.5. The van der Waals surface area contributed by atoms with Crippen molar-refractivity contribution >= 4 is 29.0 Å². The SMILES string of the molecule is N/C(CN1C(=O)COc2ccc(Cl)cc21)=N/O. The molecule has 1 amide bonds. The Morgan fingerprint density at radius 3 is 3.12 bits per heavy atom. The smallest absolute Gasteiger partial charge is 0.265 e. The number of ether oxygens (including phenoxy) is 1. The van der Waals surface area contributed by atoms with Gasteiger partial charge in [0.15, 0.2) is 12.4 Å². The molecule has 0 saturated heterocycles. The quantitative estimate of drug-likeness (QED) is 0.354. The van der Waals surface area contributed by atoms with Crippen molar-refractivity contribution in [1.82, 2.24) is 0 Å². The third-order valence-electron chi connectivity index (χ3n) is 2.31. The molecule has 0 aromatic heterocycles. The Hall–Kier alpha value is -1.95. The maximum atomic E-state index is 11.7. The van der Waals surface area contributed by atoms with Crippen LogP contribution in [-0.4, -0.2) is 30.1 Å². The summed E-state index contributed by atoms with van der Waals surface area (Å²) >= 11 is 5.86. The van der Waals surface area contributed by atoms with Gasteiger partial charge in [0.2, 0.25) is 0 Å². The van der Waals surface area contributed by atoms with Gasteiger partial charge in [0, 0.05) is 5.02 Å². The number of rotatable bonds is 2. The van der Waals surface area contributed by atoms with Gasteiger partial charge in [-0.1, -0.05) is 16.8 Å². The first-order chi connectivity index (χ1) is 8.11. The number of amides is 1. The molecule has 3 N–H and O–H groups in total. The monoisotopic (exact) mass is 255 g/mol. The third kappa shape index (κ3) is 2.26. The lowest BCUT2D eigenvalue weighted by Crippen LogP contribution is -2.43. The van der Waals surface area contributed by atoms with Gasteiger partial charge in [-0.15, -0.1) is 0 Å². The highest BCUT2D eigenvalue weighted by atomic mass is 35.5. The minimum Gasteiger partial charge on any atom is -0.482 e. The molecule has 0 saturated carbocycles. The van der Waals surface area contributed by atoms with Crippen molar-refractivity contribution in [2.24, 2.45) is 10.9 Å². The van der Waals surface area contributed by atoms with Crippen molar-refractivity contribution in [2.75, 3.05) is 18.1 Å². The van der Waals surface area contributed by atoms with E-state index in [1.165, 1.54) is 4.90 Å². The number of oxime groups is 1. The average Bonchev–Trinajstić information content (AvgIpc) is 2.32. The maximum absolute atomic E-state index is 11.7. The van der Waals surface area contributed by atoms with Crippen LogP contribution in [0.1, 0.15) is 0 Å². The van der Waals surface area contributed by atoms with Gasteiger partial charge in [-0.2, -0.15) is 0 Å². The van der Waals surface area contributed by atoms with Gasteiger partial charge in [-0.25, -0.2) is 0 Å². The highest BCUT2D eigenvalue weighted by molar-refractivity contribution is 6.31. The first kappa shape index (κ1) is 11.5. The lowest BCUT2D eigenvalue weighted by atomic mass is 10.2. The topological polar surface area (TPSA) is 88.2 Å². The van der Waals surface area contributed by atoms with Crippen molar-refractivity contribution in [2.45, 2.75) is 0 Å². The second-order valence-corrected chi connectivity index (χ2v) is 3.91. The zero-order valence-electron chi connectivity index (χ0n) is 8.76. The van der Waals surface area contributed by atoms with Crippen LogP contribution in [-0.2, 0) is 4.79 Å². The summed E-state index contributed by atoms with van der Waals surface area (Å²) in [6.45, 7) is -0.0840. The molecule has 0 atom stereocenters.